The van der Waals surface area contributed by atoms with Gasteiger partial charge in [-0.25, -0.2) is 4.79 Å². The second kappa shape index (κ2) is 5.72. The molecule has 1 aromatic heterocycles. The molecule has 5 heteroatoms. The number of aryl methyl sites for hydroxylation is 2. The van der Waals surface area contributed by atoms with E-state index in [0.717, 1.165) is 40.5 Å². The highest BCUT2D eigenvalue weighted by molar-refractivity contribution is 5.91. The van der Waals surface area contributed by atoms with Crippen LogP contribution in [0.15, 0.2) is 22.8 Å². The second-order valence-corrected chi connectivity index (χ2v) is 6.51. The van der Waals surface area contributed by atoms with Crippen LogP contribution in [0.5, 0.6) is 0 Å². The summed E-state index contributed by atoms with van der Waals surface area (Å²) >= 11 is 0. The average Bonchev–Trinajstić information content (AvgIpc) is 3.09. The van der Waals surface area contributed by atoms with Crippen LogP contribution in [0.1, 0.15) is 42.4 Å². The standard InChI is InChI=1S/C18H21NO4/c1-11-7-14-13(10-23-15(14)8-12(11)2)9-16(20)19-18(17(21)22)5-3-4-6-18/h7-8,10H,3-6,9H2,1-2H3,(H,19,20)(H,21,22). The Morgan fingerprint density at radius 1 is 1.22 bits per heavy atom. The zero-order valence-electron chi connectivity index (χ0n) is 13.4. The largest absolute Gasteiger partial charge is 0.480 e. The van der Waals surface area contributed by atoms with E-state index in [1.165, 1.54) is 0 Å². The van der Waals surface area contributed by atoms with Gasteiger partial charge in [0, 0.05) is 10.9 Å². The van der Waals surface area contributed by atoms with Gasteiger partial charge in [0.1, 0.15) is 11.1 Å². The van der Waals surface area contributed by atoms with Gasteiger partial charge in [0.05, 0.1) is 12.7 Å². The Kier molecular flexibility index (Phi) is 3.88. The van der Waals surface area contributed by atoms with E-state index in [9.17, 15) is 14.7 Å². The van der Waals surface area contributed by atoms with Gasteiger partial charge in [0.25, 0.3) is 0 Å². The van der Waals surface area contributed by atoms with Crippen LogP contribution >= 0.6 is 0 Å². The molecule has 0 aliphatic heterocycles. The monoisotopic (exact) mass is 315 g/mol. The van der Waals surface area contributed by atoms with Crippen LogP contribution in [0.4, 0.5) is 0 Å². The number of hydrogen-bond donors (Lipinski definition) is 2. The first-order valence-electron chi connectivity index (χ1n) is 7.93. The first-order valence-corrected chi connectivity index (χ1v) is 7.93. The summed E-state index contributed by atoms with van der Waals surface area (Å²) in [6, 6.07) is 3.97. The van der Waals surface area contributed by atoms with Crippen molar-refractivity contribution in [2.24, 2.45) is 0 Å². The van der Waals surface area contributed by atoms with Gasteiger partial charge >= 0.3 is 5.97 Å². The van der Waals surface area contributed by atoms with Crippen molar-refractivity contribution in [3.63, 3.8) is 0 Å². The average molecular weight is 315 g/mol. The van der Waals surface area contributed by atoms with Gasteiger partial charge in [0.2, 0.25) is 5.91 Å². The number of carbonyl (C=O) groups excluding carboxylic acids is 1. The lowest BCUT2D eigenvalue weighted by Crippen LogP contribution is -2.52. The van der Waals surface area contributed by atoms with Gasteiger partial charge in [-0.15, -0.1) is 0 Å². The van der Waals surface area contributed by atoms with Crippen LogP contribution in [0.3, 0.4) is 0 Å². The maximum atomic E-state index is 12.4. The number of benzene rings is 1. The van der Waals surface area contributed by atoms with Crippen LogP contribution in [-0.4, -0.2) is 22.5 Å². The molecule has 2 N–H and O–H groups in total. The number of furan rings is 1. The molecular weight excluding hydrogens is 294 g/mol. The minimum absolute atomic E-state index is 0.129. The third-order valence-electron chi connectivity index (χ3n) is 4.87. The van der Waals surface area contributed by atoms with Gasteiger partial charge < -0.3 is 14.8 Å². The third-order valence-corrected chi connectivity index (χ3v) is 4.87. The van der Waals surface area contributed by atoms with E-state index in [1.54, 1.807) is 6.26 Å². The molecule has 1 heterocycles. The molecule has 122 valence electrons. The number of hydrogen-bond acceptors (Lipinski definition) is 3. The van der Waals surface area contributed by atoms with E-state index in [0.29, 0.717) is 12.8 Å². The number of rotatable bonds is 4. The number of carbonyl (C=O) groups is 2. The normalized spacial score (nSPS) is 16.6. The number of aliphatic carboxylic acids is 1. The van der Waals surface area contributed by atoms with Gasteiger partial charge in [-0.1, -0.05) is 12.8 Å². The van der Waals surface area contributed by atoms with Crippen LogP contribution in [0.2, 0.25) is 0 Å². The fourth-order valence-electron chi connectivity index (χ4n) is 3.33. The van der Waals surface area contributed by atoms with Crippen LogP contribution in [0.25, 0.3) is 11.0 Å². The smallest absolute Gasteiger partial charge is 0.329 e. The molecule has 1 amide bonds. The van der Waals surface area contributed by atoms with E-state index >= 15 is 0 Å². The Morgan fingerprint density at radius 3 is 2.52 bits per heavy atom. The van der Waals surface area contributed by atoms with Crippen molar-refractivity contribution in [2.45, 2.75) is 51.5 Å². The van der Waals surface area contributed by atoms with Crippen molar-refractivity contribution >= 4 is 22.8 Å². The molecule has 1 saturated carbocycles. The molecule has 0 radical (unpaired) electrons. The summed E-state index contributed by atoms with van der Waals surface area (Å²) in [4.78, 5) is 23.9. The summed E-state index contributed by atoms with van der Waals surface area (Å²) in [6.07, 6.45) is 4.38. The van der Waals surface area contributed by atoms with Gasteiger partial charge in [0.15, 0.2) is 0 Å². The van der Waals surface area contributed by atoms with Crippen LogP contribution < -0.4 is 5.32 Å². The summed E-state index contributed by atoms with van der Waals surface area (Å²) in [5, 5.41) is 13.1. The predicted octanol–water partition coefficient (Wildman–Crippen LogP) is 3.11. The molecule has 23 heavy (non-hydrogen) atoms. The SMILES string of the molecule is Cc1cc2occ(CC(=O)NC3(C(=O)O)CCCC3)c2cc1C. The third kappa shape index (κ3) is 2.83. The molecule has 0 saturated heterocycles. The lowest BCUT2D eigenvalue weighted by atomic mass is 9.97. The predicted molar refractivity (Wildman–Crippen MR) is 86.4 cm³/mol. The lowest BCUT2D eigenvalue weighted by molar-refractivity contribution is -0.147. The molecule has 1 fully saturated rings. The first kappa shape index (κ1) is 15.6. The molecule has 0 spiro atoms. The fraction of sp³-hybridized carbons (Fsp3) is 0.444. The summed E-state index contributed by atoms with van der Waals surface area (Å²) in [7, 11) is 0. The molecule has 1 aromatic carbocycles. The minimum atomic E-state index is -1.09. The summed E-state index contributed by atoms with van der Waals surface area (Å²) < 4.78 is 5.53. The second-order valence-electron chi connectivity index (χ2n) is 6.51. The summed E-state index contributed by atoms with van der Waals surface area (Å²) in [5.41, 5.74) is 2.73. The van der Waals surface area contributed by atoms with Crippen LogP contribution in [-0.2, 0) is 16.0 Å². The van der Waals surface area contributed by atoms with Gasteiger partial charge in [-0.3, -0.25) is 4.79 Å². The quantitative estimate of drug-likeness (QED) is 0.908. The van der Waals surface area contributed by atoms with E-state index in [4.69, 9.17) is 4.42 Å². The molecule has 1 aliphatic rings. The van der Waals surface area contributed by atoms with Crippen molar-refractivity contribution in [1.29, 1.82) is 0 Å². The van der Waals surface area contributed by atoms with Gasteiger partial charge in [-0.2, -0.15) is 0 Å². The highest BCUT2D eigenvalue weighted by Gasteiger charge is 2.42. The number of carboxylic acid groups (broad SMARTS) is 1. The van der Waals surface area contributed by atoms with Crippen molar-refractivity contribution < 1.29 is 19.1 Å². The molecule has 2 aromatic rings. The lowest BCUT2D eigenvalue weighted by Gasteiger charge is -2.25. The van der Waals surface area contributed by atoms with E-state index in [1.807, 2.05) is 26.0 Å². The number of amides is 1. The Labute approximate surface area is 134 Å². The molecule has 0 bridgehead atoms. The Bertz CT molecular complexity index is 769. The Morgan fingerprint density at radius 2 is 1.87 bits per heavy atom. The number of nitrogens with one attached hydrogen (secondary N) is 1. The molecule has 0 unspecified atom stereocenters. The Hall–Kier alpha value is -2.30. The van der Waals surface area contributed by atoms with Crippen molar-refractivity contribution in [3.8, 4) is 0 Å². The maximum Gasteiger partial charge on any atom is 0.329 e. The molecule has 5 nitrogen and oxygen atoms in total. The fourth-order valence-corrected chi connectivity index (χ4v) is 3.33. The van der Waals surface area contributed by atoms with Crippen LogP contribution in [0, 0.1) is 13.8 Å². The van der Waals surface area contributed by atoms with Crippen molar-refractivity contribution in [1.82, 2.24) is 5.32 Å². The maximum absolute atomic E-state index is 12.4. The molecule has 1 aliphatic carbocycles. The highest BCUT2D eigenvalue weighted by Crippen LogP contribution is 2.30. The zero-order chi connectivity index (χ0) is 16.6. The Balaban J connectivity index is 1.80. The van der Waals surface area contributed by atoms with Crippen molar-refractivity contribution in [3.05, 3.63) is 35.1 Å². The molecular formula is C18H21NO4. The van der Waals surface area contributed by atoms with E-state index < -0.39 is 11.5 Å². The first-order chi connectivity index (χ1) is 10.9. The highest BCUT2D eigenvalue weighted by atomic mass is 16.4. The van der Waals surface area contributed by atoms with E-state index in [-0.39, 0.29) is 12.3 Å². The number of fused-ring (bicyclic) bond motifs is 1. The minimum Gasteiger partial charge on any atom is -0.480 e. The van der Waals surface area contributed by atoms with E-state index in [2.05, 4.69) is 5.32 Å². The number of carboxylic acids is 1. The summed E-state index contributed by atoms with van der Waals surface area (Å²) in [5.74, 6) is -1.21. The van der Waals surface area contributed by atoms with Gasteiger partial charge in [-0.05, 0) is 49.9 Å². The zero-order valence-corrected chi connectivity index (χ0v) is 13.4. The molecule has 0 atom stereocenters. The summed E-state index contributed by atoms with van der Waals surface area (Å²) in [6.45, 7) is 4.03. The molecule has 3 rings (SSSR count). The topological polar surface area (TPSA) is 79.5 Å². The van der Waals surface area contributed by atoms with Crippen molar-refractivity contribution in [2.75, 3.05) is 0 Å².